The molecule has 0 unspecified atom stereocenters. The van der Waals surface area contributed by atoms with Crippen LogP contribution >= 0.6 is 0 Å². The molecule has 0 saturated heterocycles. The maximum atomic E-state index is 12.9. The Morgan fingerprint density at radius 1 is 1.50 bits per heavy atom. The highest BCUT2D eigenvalue weighted by Crippen LogP contribution is 2.19. The van der Waals surface area contributed by atoms with E-state index in [0.717, 1.165) is 18.2 Å². The van der Waals surface area contributed by atoms with Crippen LogP contribution < -0.4 is 5.32 Å². The van der Waals surface area contributed by atoms with Gasteiger partial charge < -0.3 is 10.4 Å². The van der Waals surface area contributed by atoms with E-state index >= 15 is 0 Å². The maximum absolute atomic E-state index is 12.9. The molecule has 1 aromatic carbocycles. The second-order valence-corrected chi connectivity index (χ2v) is 3.28. The summed E-state index contributed by atoms with van der Waals surface area (Å²) in [4.78, 5) is 10.1. The molecule has 0 bridgehead atoms. The minimum Gasteiger partial charge on any atom is -0.396 e. The Bertz CT molecular complexity index is 371. The molecular formula is C10H13FN2O3. The van der Waals surface area contributed by atoms with Crippen LogP contribution in [0.2, 0.25) is 0 Å². The van der Waals surface area contributed by atoms with E-state index in [1.54, 1.807) is 0 Å². The zero-order valence-corrected chi connectivity index (χ0v) is 8.65. The number of nitrogens with one attached hydrogen (secondary N) is 1. The van der Waals surface area contributed by atoms with Crippen molar-refractivity contribution in [3.63, 3.8) is 0 Å². The van der Waals surface area contributed by atoms with Crippen molar-refractivity contribution >= 4 is 5.69 Å². The summed E-state index contributed by atoms with van der Waals surface area (Å²) in [5.74, 6) is -0.496. The Kier molecular flexibility index (Phi) is 4.81. The summed E-state index contributed by atoms with van der Waals surface area (Å²) in [6.45, 7) is 0.802. The molecule has 6 heteroatoms. The number of aliphatic hydroxyl groups excluding tert-OH is 1. The first kappa shape index (κ1) is 12.5. The highest BCUT2D eigenvalue weighted by atomic mass is 19.1. The van der Waals surface area contributed by atoms with Crippen LogP contribution in [-0.2, 0) is 6.54 Å². The van der Waals surface area contributed by atoms with E-state index in [-0.39, 0.29) is 18.8 Å². The van der Waals surface area contributed by atoms with Gasteiger partial charge >= 0.3 is 0 Å². The van der Waals surface area contributed by atoms with Gasteiger partial charge in [0.05, 0.1) is 4.92 Å². The number of hydrogen-bond donors (Lipinski definition) is 2. The second kappa shape index (κ2) is 6.14. The molecule has 88 valence electrons. The Morgan fingerprint density at radius 2 is 2.25 bits per heavy atom. The second-order valence-electron chi connectivity index (χ2n) is 3.28. The van der Waals surface area contributed by atoms with E-state index in [4.69, 9.17) is 5.11 Å². The van der Waals surface area contributed by atoms with Gasteiger partial charge in [0.15, 0.2) is 0 Å². The molecule has 0 spiro atoms. The molecule has 0 heterocycles. The molecule has 0 aliphatic heterocycles. The molecule has 0 amide bonds. The van der Waals surface area contributed by atoms with E-state index in [0.29, 0.717) is 18.5 Å². The molecule has 0 atom stereocenters. The lowest BCUT2D eigenvalue weighted by molar-refractivity contribution is -0.385. The molecule has 0 aliphatic rings. The van der Waals surface area contributed by atoms with Crippen LogP contribution in [0, 0.1) is 15.9 Å². The average molecular weight is 228 g/mol. The van der Waals surface area contributed by atoms with Gasteiger partial charge in [-0.3, -0.25) is 10.1 Å². The molecule has 0 radical (unpaired) electrons. The normalized spacial score (nSPS) is 10.4. The van der Waals surface area contributed by atoms with Gasteiger partial charge in [0.25, 0.3) is 5.69 Å². The van der Waals surface area contributed by atoms with Gasteiger partial charge in [-0.25, -0.2) is 4.39 Å². The third-order valence-electron chi connectivity index (χ3n) is 2.07. The van der Waals surface area contributed by atoms with Crippen LogP contribution in [0.1, 0.15) is 12.0 Å². The van der Waals surface area contributed by atoms with Gasteiger partial charge in [-0.1, -0.05) is 0 Å². The van der Waals surface area contributed by atoms with Gasteiger partial charge in [-0.2, -0.15) is 0 Å². The van der Waals surface area contributed by atoms with Crippen LogP contribution in [0.3, 0.4) is 0 Å². The van der Waals surface area contributed by atoms with Crippen molar-refractivity contribution in [3.8, 4) is 0 Å². The van der Waals surface area contributed by atoms with Crippen molar-refractivity contribution in [2.24, 2.45) is 0 Å². The summed E-state index contributed by atoms with van der Waals surface area (Å²) < 4.78 is 12.9. The average Bonchev–Trinajstić information content (AvgIpc) is 2.24. The molecule has 0 saturated carbocycles. The minimum atomic E-state index is -0.539. The summed E-state index contributed by atoms with van der Waals surface area (Å²) in [6, 6.07) is 3.36. The molecule has 1 rings (SSSR count). The third-order valence-corrected chi connectivity index (χ3v) is 2.07. The van der Waals surface area contributed by atoms with Gasteiger partial charge in [0, 0.05) is 24.8 Å². The Morgan fingerprint density at radius 3 is 2.88 bits per heavy atom. The first-order valence-electron chi connectivity index (χ1n) is 4.89. The molecule has 0 aliphatic carbocycles. The minimum absolute atomic E-state index is 0.0538. The van der Waals surface area contributed by atoms with Crippen LogP contribution in [0.5, 0.6) is 0 Å². The highest BCUT2D eigenvalue weighted by Gasteiger charge is 2.13. The van der Waals surface area contributed by atoms with Crippen LogP contribution in [0.15, 0.2) is 18.2 Å². The summed E-state index contributed by atoms with van der Waals surface area (Å²) in [6.07, 6.45) is 0.559. The highest BCUT2D eigenvalue weighted by molar-refractivity contribution is 5.40. The lowest BCUT2D eigenvalue weighted by Crippen LogP contribution is -2.16. The fraction of sp³-hybridized carbons (Fsp3) is 0.400. The predicted molar refractivity (Wildman–Crippen MR) is 56.5 cm³/mol. The number of aliphatic hydroxyl groups is 1. The SMILES string of the molecule is O=[N+]([O-])c1ccc(F)cc1CNCCCO. The number of benzene rings is 1. The standard InChI is InChI=1S/C10H13FN2O3/c11-9-2-3-10(13(15)16)8(6-9)7-12-4-1-5-14/h2-3,6,12,14H,1,4-5,7H2. The van der Waals surface area contributed by atoms with Gasteiger partial charge in [-0.05, 0) is 25.1 Å². The number of nitro benzene ring substituents is 1. The Hall–Kier alpha value is -1.53. The van der Waals surface area contributed by atoms with E-state index in [1.807, 2.05) is 0 Å². The first-order chi connectivity index (χ1) is 7.65. The Labute approximate surface area is 92.1 Å². The quantitative estimate of drug-likeness (QED) is 0.436. The smallest absolute Gasteiger partial charge is 0.274 e. The largest absolute Gasteiger partial charge is 0.396 e. The number of nitro groups is 1. The monoisotopic (exact) mass is 228 g/mol. The Balaban J connectivity index is 2.68. The summed E-state index contributed by atoms with van der Waals surface area (Å²) in [5, 5.41) is 22.1. The molecule has 5 nitrogen and oxygen atoms in total. The fourth-order valence-corrected chi connectivity index (χ4v) is 1.30. The zero-order valence-electron chi connectivity index (χ0n) is 8.65. The molecular weight excluding hydrogens is 215 g/mol. The van der Waals surface area contributed by atoms with Gasteiger partial charge in [-0.15, -0.1) is 0 Å². The van der Waals surface area contributed by atoms with E-state index in [2.05, 4.69) is 5.32 Å². The fourth-order valence-electron chi connectivity index (χ4n) is 1.30. The van der Waals surface area contributed by atoms with E-state index in [9.17, 15) is 14.5 Å². The topological polar surface area (TPSA) is 75.4 Å². The van der Waals surface area contributed by atoms with Crippen molar-refractivity contribution in [3.05, 3.63) is 39.7 Å². The molecule has 1 aromatic rings. The summed E-state index contributed by atoms with van der Waals surface area (Å²) in [7, 11) is 0. The first-order valence-corrected chi connectivity index (χ1v) is 4.89. The van der Waals surface area contributed by atoms with E-state index in [1.165, 1.54) is 0 Å². The van der Waals surface area contributed by atoms with Gasteiger partial charge in [0.2, 0.25) is 0 Å². The van der Waals surface area contributed by atoms with Crippen molar-refractivity contribution in [1.29, 1.82) is 0 Å². The number of hydrogen-bond acceptors (Lipinski definition) is 4. The number of halogens is 1. The molecule has 16 heavy (non-hydrogen) atoms. The lowest BCUT2D eigenvalue weighted by atomic mass is 10.1. The number of rotatable bonds is 6. The third kappa shape index (κ3) is 3.56. The van der Waals surface area contributed by atoms with Crippen molar-refractivity contribution in [2.75, 3.05) is 13.2 Å². The lowest BCUT2D eigenvalue weighted by Gasteiger charge is -2.04. The maximum Gasteiger partial charge on any atom is 0.274 e. The van der Waals surface area contributed by atoms with Crippen LogP contribution in [-0.4, -0.2) is 23.2 Å². The van der Waals surface area contributed by atoms with Crippen molar-refractivity contribution < 1.29 is 14.4 Å². The van der Waals surface area contributed by atoms with Crippen LogP contribution in [0.4, 0.5) is 10.1 Å². The van der Waals surface area contributed by atoms with E-state index < -0.39 is 10.7 Å². The molecule has 0 aromatic heterocycles. The molecule has 2 N–H and O–H groups in total. The summed E-state index contributed by atoms with van der Waals surface area (Å²) in [5.41, 5.74) is 0.209. The predicted octanol–water partition coefficient (Wildman–Crippen LogP) is 1.21. The molecule has 0 fully saturated rings. The van der Waals surface area contributed by atoms with Crippen molar-refractivity contribution in [1.82, 2.24) is 5.32 Å². The van der Waals surface area contributed by atoms with Crippen molar-refractivity contribution in [2.45, 2.75) is 13.0 Å². The van der Waals surface area contributed by atoms with Crippen LogP contribution in [0.25, 0.3) is 0 Å². The number of nitrogens with zero attached hydrogens (tertiary/aromatic N) is 1. The zero-order chi connectivity index (χ0) is 12.0. The van der Waals surface area contributed by atoms with Gasteiger partial charge in [0.1, 0.15) is 5.82 Å². The summed E-state index contributed by atoms with van der Waals surface area (Å²) >= 11 is 0.